The van der Waals surface area contributed by atoms with E-state index in [0.717, 1.165) is 21.4 Å². The monoisotopic (exact) mass is 509 g/mol. The zero-order valence-electron chi connectivity index (χ0n) is 19.7. The molecule has 0 radical (unpaired) electrons. The molecule has 0 aromatic heterocycles. The highest BCUT2D eigenvalue weighted by Crippen LogP contribution is 2.40. The van der Waals surface area contributed by atoms with Gasteiger partial charge in [-0.05, 0) is 56.4 Å². The molecule has 182 valence electrons. The van der Waals surface area contributed by atoms with Crippen molar-refractivity contribution in [3.63, 3.8) is 0 Å². The van der Waals surface area contributed by atoms with E-state index in [0.29, 0.717) is 48.6 Å². The summed E-state index contributed by atoms with van der Waals surface area (Å²) >= 11 is 1.41. The Hall–Kier alpha value is -2.88. The van der Waals surface area contributed by atoms with Crippen LogP contribution in [-0.4, -0.2) is 50.4 Å². The summed E-state index contributed by atoms with van der Waals surface area (Å²) in [5.41, 5.74) is 2.19. The first kappa shape index (κ1) is 23.8. The van der Waals surface area contributed by atoms with Crippen molar-refractivity contribution < 1.29 is 18.0 Å². The van der Waals surface area contributed by atoms with Gasteiger partial charge in [0.1, 0.15) is 0 Å². The van der Waals surface area contributed by atoms with E-state index >= 15 is 0 Å². The lowest BCUT2D eigenvalue weighted by molar-refractivity contribution is -0.120. The molecule has 2 amide bonds. The molecule has 3 aromatic carbocycles. The lowest BCUT2D eigenvalue weighted by Crippen LogP contribution is -2.41. The van der Waals surface area contributed by atoms with Crippen LogP contribution in [0.5, 0.6) is 0 Å². The van der Waals surface area contributed by atoms with Crippen molar-refractivity contribution in [2.45, 2.75) is 29.6 Å². The second kappa shape index (κ2) is 9.29. The fourth-order valence-electron chi connectivity index (χ4n) is 5.03. The number of rotatable bonds is 6. The Kier molecular flexibility index (Phi) is 6.33. The molecule has 2 aliphatic rings. The topological polar surface area (TPSA) is 86.8 Å². The van der Waals surface area contributed by atoms with Crippen LogP contribution < -0.4 is 10.2 Å². The fraction of sp³-hybridized carbons (Fsp3) is 0.308. The number of anilines is 2. The summed E-state index contributed by atoms with van der Waals surface area (Å²) in [6.45, 7) is 3.12. The van der Waals surface area contributed by atoms with Gasteiger partial charge in [0.05, 0.1) is 10.6 Å². The van der Waals surface area contributed by atoms with Crippen LogP contribution in [0.1, 0.15) is 30.1 Å². The van der Waals surface area contributed by atoms with Crippen molar-refractivity contribution in [2.24, 2.45) is 5.92 Å². The summed E-state index contributed by atoms with van der Waals surface area (Å²) in [6.07, 6.45) is 2.77. The quantitative estimate of drug-likeness (QED) is 0.492. The number of piperidine rings is 1. The molecule has 3 aromatic rings. The van der Waals surface area contributed by atoms with Gasteiger partial charge < -0.3 is 10.2 Å². The minimum absolute atomic E-state index is 0.0202. The van der Waals surface area contributed by atoms with Gasteiger partial charge in [0.2, 0.25) is 15.9 Å². The second-order valence-electron chi connectivity index (χ2n) is 8.73. The summed E-state index contributed by atoms with van der Waals surface area (Å²) in [5.74, 6) is -0.425. The molecule has 0 atom stereocenters. The summed E-state index contributed by atoms with van der Waals surface area (Å²) < 4.78 is 27.9. The van der Waals surface area contributed by atoms with Crippen molar-refractivity contribution in [1.82, 2.24) is 4.31 Å². The van der Waals surface area contributed by atoms with E-state index in [1.807, 2.05) is 55.6 Å². The van der Waals surface area contributed by atoms with Crippen LogP contribution in [-0.2, 0) is 14.8 Å². The van der Waals surface area contributed by atoms with Gasteiger partial charge in [-0.25, -0.2) is 8.42 Å². The molecule has 1 N–H and O–H groups in total. The highest BCUT2D eigenvalue weighted by Gasteiger charge is 2.34. The zero-order valence-corrected chi connectivity index (χ0v) is 21.3. The van der Waals surface area contributed by atoms with E-state index in [2.05, 4.69) is 5.32 Å². The third-order valence-corrected chi connectivity index (χ3v) is 9.75. The normalized spacial score (nSPS) is 16.7. The maximum atomic E-state index is 13.2. The molecule has 0 bridgehead atoms. The van der Waals surface area contributed by atoms with Crippen LogP contribution >= 0.6 is 11.8 Å². The van der Waals surface area contributed by atoms with Gasteiger partial charge in [-0.1, -0.05) is 24.3 Å². The van der Waals surface area contributed by atoms with Crippen LogP contribution in [0.15, 0.2) is 64.4 Å². The van der Waals surface area contributed by atoms with E-state index in [4.69, 9.17) is 0 Å². The maximum absolute atomic E-state index is 13.2. The molecule has 7 nitrogen and oxygen atoms in total. The Morgan fingerprint density at radius 1 is 1.06 bits per heavy atom. The van der Waals surface area contributed by atoms with Crippen molar-refractivity contribution in [3.8, 4) is 0 Å². The van der Waals surface area contributed by atoms with E-state index in [1.165, 1.54) is 16.1 Å². The Bertz CT molecular complexity index is 1430. The first-order valence-corrected chi connectivity index (χ1v) is 14.3. The lowest BCUT2D eigenvalue weighted by Gasteiger charge is -2.31. The van der Waals surface area contributed by atoms with Gasteiger partial charge in [-0.15, -0.1) is 11.8 Å². The molecule has 9 heteroatoms. The summed E-state index contributed by atoms with van der Waals surface area (Å²) in [6, 6.07) is 16.3. The SMILES string of the molecule is CCN1C(=O)c2cccc3c(NC(=O)C4CCN(S(=O)(=O)c5ccccc5SC)CC4)ccc1c23. The van der Waals surface area contributed by atoms with Gasteiger partial charge in [-0.2, -0.15) is 4.31 Å². The lowest BCUT2D eigenvalue weighted by atomic mass is 9.96. The molecule has 2 aliphatic heterocycles. The maximum Gasteiger partial charge on any atom is 0.258 e. The third kappa shape index (κ3) is 4.01. The number of sulfonamides is 1. The standard InChI is InChI=1S/C26H27N3O4S2/c1-3-29-21-12-11-20(18-7-6-8-19(24(18)21)26(29)31)27-25(30)17-13-15-28(16-14-17)35(32,33)23-10-5-4-9-22(23)34-2/h4-12,17H,3,13-16H2,1-2H3,(H,27,30). The smallest absolute Gasteiger partial charge is 0.258 e. The first-order valence-electron chi connectivity index (χ1n) is 11.7. The molecule has 2 heterocycles. The number of nitrogens with zero attached hydrogens (tertiary/aromatic N) is 2. The minimum Gasteiger partial charge on any atom is -0.325 e. The molecular formula is C26H27N3O4S2. The Morgan fingerprint density at radius 2 is 1.80 bits per heavy atom. The fourth-order valence-corrected chi connectivity index (χ4v) is 7.63. The van der Waals surface area contributed by atoms with Crippen molar-refractivity contribution in [2.75, 3.05) is 36.1 Å². The number of nitrogens with one attached hydrogen (secondary N) is 1. The summed E-state index contributed by atoms with van der Waals surface area (Å²) in [5, 5.41) is 4.75. The average molecular weight is 510 g/mol. The molecule has 0 unspecified atom stereocenters. The van der Waals surface area contributed by atoms with Crippen LogP contribution in [0.25, 0.3) is 10.8 Å². The van der Waals surface area contributed by atoms with Crippen LogP contribution in [0.2, 0.25) is 0 Å². The third-order valence-electron chi connectivity index (χ3n) is 6.87. The highest BCUT2D eigenvalue weighted by atomic mass is 32.2. The average Bonchev–Trinajstić information content (AvgIpc) is 3.17. The number of amides is 2. The Morgan fingerprint density at radius 3 is 2.51 bits per heavy atom. The number of carbonyl (C=O) groups excluding carboxylic acids is 2. The number of hydrogen-bond donors (Lipinski definition) is 1. The zero-order chi connectivity index (χ0) is 24.7. The van der Waals surface area contributed by atoms with E-state index in [-0.39, 0.29) is 17.7 Å². The predicted octanol–water partition coefficient (Wildman–Crippen LogP) is 4.58. The Balaban J connectivity index is 1.32. The Labute approximate surface area is 209 Å². The van der Waals surface area contributed by atoms with Gasteiger partial charge in [0, 0.05) is 52.5 Å². The molecule has 35 heavy (non-hydrogen) atoms. The van der Waals surface area contributed by atoms with Crippen LogP contribution in [0, 0.1) is 5.92 Å². The predicted molar refractivity (Wildman–Crippen MR) is 140 cm³/mol. The van der Waals surface area contributed by atoms with Crippen LogP contribution in [0.4, 0.5) is 11.4 Å². The van der Waals surface area contributed by atoms with Gasteiger partial charge in [0.15, 0.2) is 0 Å². The number of carbonyl (C=O) groups is 2. The largest absolute Gasteiger partial charge is 0.325 e. The van der Waals surface area contributed by atoms with E-state index in [1.54, 1.807) is 17.0 Å². The molecular weight excluding hydrogens is 482 g/mol. The van der Waals surface area contributed by atoms with Crippen molar-refractivity contribution in [3.05, 3.63) is 60.2 Å². The van der Waals surface area contributed by atoms with Gasteiger partial charge in [-0.3, -0.25) is 9.59 Å². The minimum atomic E-state index is -3.61. The molecule has 0 aliphatic carbocycles. The summed E-state index contributed by atoms with van der Waals surface area (Å²) in [7, 11) is -3.61. The molecule has 5 rings (SSSR count). The number of benzene rings is 3. The van der Waals surface area contributed by atoms with E-state index in [9.17, 15) is 18.0 Å². The summed E-state index contributed by atoms with van der Waals surface area (Å²) in [4.78, 5) is 28.7. The van der Waals surface area contributed by atoms with Gasteiger partial charge in [0.25, 0.3) is 5.91 Å². The van der Waals surface area contributed by atoms with Crippen molar-refractivity contribution in [1.29, 1.82) is 0 Å². The number of thioether (sulfide) groups is 1. The second-order valence-corrected chi connectivity index (χ2v) is 11.5. The van der Waals surface area contributed by atoms with Crippen molar-refractivity contribution >= 4 is 55.7 Å². The molecule has 0 saturated carbocycles. The highest BCUT2D eigenvalue weighted by molar-refractivity contribution is 7.99. The van der Waals surface area contributed by atoms with Gasteiger partial charge >= 0.3 is 0 Å². The molecule has 1 fully saturated rings. The number of hydrogen-bond acceptors (Lipinski definition) is 5. The van der Waals surface area contributed by atoms with Crippen LogP contribution in [0.3, 0.4) is 0 Å². The first-order chi connectivity index (χ1) is 16.9. The van der Waals surface area contributed by atoms with E-state index < -0.39 is 10.0 Å². The molecule has 0 spiro atoms. The molecule has 1 saturated heterocycles.